The van der Waals surface area contributed by atoms with E-state index in [1.807, 2.05) is 0 Å². The van der Waals surface area contributed by atoms with Crippen molar-refractivity contribution in [3.05, 3.63) is 21.6 Å². The van der Waals surface area contributed by atoms with E-state index in [0.717, 1.165) is 0 Å². The Kier molecular flexibility index (Phi) is 2.86. The summed E-state index contributed by atoms with van der Waals surface area (Å²) in [6.45, 7) is 0. The van der Waals surface area contributed by atoms with Gasteiger partial charge in [0.2, 0.25) is 10.0 Å². The first-order valence-electron chi connectivity index (χ1n) is 3.09. The fourth-order valence-electron chi connectivity index (χ4n) is 0.763. The third-order valence-electron chi connectivity index (χ3n) is 1.36. The highest BCUT2D eigenvalue weighted by molar-refractivity contribution is 9.10. The highest BCUT2D eigenvalue weighted by Gasteiger charge is 2.14. The molecule has 4 nitrogen and oxygen atoms in total. The lowest BCUT2D eigenvalue weighted by Crippen LogP contribution is -2.13. The molecule has 0 aliphatic heterocycles. The van der Waals surface area contributed by atoms with Crippen molar-refractivity contribution >= 4 is 43.2 Å². The van der Waals surface area contributed by atoms with Crippen LogP contribution in [0.2, 0.25) is 5.02 Å². The number of nitrogens with two attached hydrogens (primary N) is 2. The monoisotopic (exact) mass is 284 g/mol. The standard InChI is InChI=1S/C6H6BrClN2O2S/c7-3-1-4(8)6(2-5(3)9)13(10,11)12/h1-2H,9H2,(H2,10,11,12). The molecule has 0 aliphatic rings. The van der Waals surface area contributed by atoms with Gasteiger partial charge in [-0.15, -0.1) is 0 Å². The van der Waals surface area contributed by atoms with Gasteiger partial charge in [0, 0.05) is 10.2 Å². The number of rotatable bonds is 1. The fraction of sp³-hybridized carbons (Fsp3) is 0. The molecule has 0 aromatic heterocycles. The largest absolute Gasteiger partial charge is 0.398 e. The summed E-state index contributed by atoms with van der Waals surface area (Å²) in [5.41, 5.74) is 5.73. The van der Waals surface area contributed by atoms with Crippen LogP contribution in [0, 0.1) is 0 Å². The van der Waals surface area contributed by atoms with Crippen LogP contribution in [0.4, 0.5) is 5.69 Å². The van der Waals surface area contributed by atoms with Crippen molar-refractivity contribution in [1.29, 1.82) is 0 Å². The molecule has 0 heterocycles. The summed E-state index contributed by atoms with van der Waals surface area (Å²) in [6.07, 6.45) is 0. The van der Waals surface area contributed by atoms with Gasteiger partial charge in [0.1, 0.15) is 4.90 Å². The Morgan fingerprint density at radius 1 is 1.38 bits per heavy atom. The molecule has 0 radical (unpaired) electrons. The minimum absolute atomic E-state index is 0.0450. The van der Waals surface area contributed by atoms with Crippen LogP contribution in [0.5, 0.6) is 0 Å². The number of halogens is 2. The van der Waals surface area contributed by atoms with E-state index in [0.29, 0.717) is 4.47 Å². The van der Waals surface area contributed by atoms with E-state index in [1.54, 1.807) is 0 Å². The van der Waals surface area contributed by atoms with Gasteiger partial charge in [0.15, 0.2) is 0 Å². The zero-order chi connectivity index (χ0) is 10.2. The smallest absolute Gasteiger partial charge is 0.239 e. The molecule has 7 heteroatoms. The minimum Gasteiger partial charge on any atom is -0.398 e. The highest BCUT2D eigenvalue weighted by atomic mass is 79.9. The van der Waals surface area contributed by atoms with Gasteiger partial charge in [-0.2, -0.15) is 0 Å². The van der Waals surface area contributed by atoms with Gasteiger partial charge in [-0.25, -0.2) is 13.6 Å². The number of hydrogen-bond acceptors (Lipinski definition) is 3. The molecule has 1 aromatic rings. The third-order valence-corrected chi connectivity index (χ3v) is 3.42. The van der Waals surface area contributed by atoms with Crippen LogP contribution in [0.25, 0.3) is 0 Å². The highest BCUT2D eigenvalue weighted by Crippen LogP contribution is 2.29. The molecule has 0 saturated carbocycles. The maximum Gasteiger partial charge on any atom is 0.239 e. The van der Waals surface area contributed by atoms with Crippen molar-refractivity contribution in [3.8, 4) is 0 Å². The molecule has 0 unspecified atom stereocenters. The van der Waals surface area contributed by atoms with E-state index in [4.69, 9.17) is 22.5 Å². The number of nitrogen functional groups attached to an aromatic ring is 1. The summed E-state index contributed by atoms with van der Waals surface area (Å²) >= 11 is 8.74. The lowest BCUT2D eigenvalue weighted by Gasteiger charge is -2.04. The number of primary sulfonamides is 1. The van der Waals surface area contributed by atoms with Crippen LogP contribution in [0.3, 0.4) is 0 Å². The normalized spacial score (nSPS) is 11.6. The van der Waals surface area contributed by atoms with Crippen molar-refractivity contribution in [1.82, 2.24) is 0 Å². The van der Waals surface area contributed by atoms with Gasteiger partial charge < -0.3 is 5.73 Å². The summed E-state index contributed by atoms with van der Waals surface area (Å²) in [5.74, 6) is 0. The van der Waals surface area contributed by atoms with Crippen LogP contribution < -0.4 is 10.9 Å². The number of hydrogen-bond donors (Lipinski definition) is 2. The lowest BCUT2D eigenvalue weighted by molar-refractivity contribution is 0.598. The molecule has 0 fully saturated rings. The first-order valence-corrected chi connectivity index (χ1v) is 5.81. The predicted molar refractivity (Wildman–Crippen MR) is 54.9 cm³/mol. The van der Waals surface area contributed by atoms with Crippen LogP contribution in [-0.2, 0) is 10.0 Å². The van der Waals surface area contributed by atoms with E-state index in [9.17, 15) is 8.42 Å². The number of benzene rings is 1. The second kappa shape index (κ2) is 3.45. The first-order chi connectivity index (χ1) is 5.82. The molecule has 0 bridgehead atoms. The van der Waals surface area contributed by atoms with E-state index >= 15 is 0 Å². The van der Waals surface area contributed by atoms with Gasteiger partial charge in [0.25, 0.3) is 0 Å². The Bertz CT molecular complexity index is 446. The van der Waals surface area contributed by atoms with Crippen LogP contribution in [0.15, 0.2) is 21.5 Å². The molecule has 13 heavy (non-hydrogen) atoms. The minimum atomic E-state index is -3.81. The molecule has 4 N–H and O–H groups in total. The quantitative estimate of drug-likeness (QED) is 0.763. The molecule has 0 aliphatic carbocycles. The molecule has 1 aromatic carbocycles. The molecule has 0 amide bonds. The Morgan fingerprint density at radius 2 is 1.92 bits per heavy atom. The van der Waals surface area contributed by atoms with E-state index in [-0.39, 0.29) is 15.6 Å². The van der Waals surface area contributed by atoms with Crippen molar-refractivity contribution in [2.24, 2.45) is 5.14 Å². The maximum absolute atomic E-state index is 10.9. The second-order valence-corrected chi connectivity index (χ2v) is 5.14. The van der Waals surface area contributed by atoms with Gasteiger partial charge in [-0.1, -0.05) is 11.6 Å². The van der Waals surface area contributed by atoms with E-state index in [2.05, 4.69) is 15.9 Å². The van der Waals surface area contributed by atoms with Crippen molar-refractivity contribution in [3.63, 3.8) is 0 Å². The summed E-state index contributed by atoms with van der Waals surface area (Å²) < 4.78 is 22.4. The van der Waals surface area contributed by atoms with E-state index < -0.39 is 10.0 Å². The van der Waals surface area contributed by atoms with Crippen molar-refractivity contribution in [2.75, 3.05) is 5.73 Å². The molecule has 1 rings (SSSR count). The summed E-state index contributed by atoms with van der Waals surface area (Å²) in [4.78, 5) is -0.171. The third kappa shape index (κ3) is 2.34. The second-order valence-electron chi connectivity index (χ2n) is 2.35. The Labute approximate surface area is 89.0 Å². The van der Waals surface area contributed by atoms with Gasteiger partial charge >= 0.3 is 0 Å². The van der Waals surface area contributed by atoms with Crippen LogP contribution in [-0.4, -0.2) is 8.42 Å². The zero-order valence-electron chi connectivity index (χ0n) is 6.29. The summed E-state index contributed by atoms with van der Waals surface area (Å²) in [6, 6.07) is 2.60. The fourth-order valence-corrected chi connectivity index (χ4v) is 2.35. The van der Waals surface area contributed by atoms with Gasteiger partial charge in [-0.05, 0) is 28.1 Å². The molecule has 72 valence electrons. The van der Waals surface area contributed by atoms with Crippen molar-refractivity contribution < 1.29 is 8.42 Å². The van der Waals surface area contributed by atoms with Crippen LogP contribution in [0.1, 0.15) is 0 Å². The zero-order valence-corrected chi connectivity index (χ0v) is 9.45. The molecule has 0 atom stereocenters. The maximum atomic E-state index is 10.9. The number of sulfonamides is 1. The van der Waals surface area contributed by atoms with E-state index in [1.165, 1.54) is 12.1 Å². The van der Waals surface area contributed by atoms with Crippen LogP contribution >= 0.6 is 27.5 Å². The Hall–Kier alpha value is -0.300. The Balaban J connectivity index is 3.50. The first kappa shape index (κ1) is 10.8. The predicted octanol–water partition coefficient (Wildman–Crippen LogP) is 1.33. The molecular formula is C6H6BrClN2O2S. The van der Waals surface area contributed by atoms with Gasteiger partial charge in [0.05, 0.1) is 5.02 Å². The Morgan fingerprint density at radius 3 is 2.38 bits per heavy atom. The summed E-state index contributed by atoms with van der Waals surface area (Å²) in [5, 5.41) is 4.94. The SMILES string of the molecule is Nc1cc(S(N)(=O)=O)c(Cl)cc1Br. The van der Waals surface area contributed by atoms with Crippen molar-refractivity contribution in [2.45, 2.75) is 4.90 Å². The average Bonchev–Trinajstić information content (AvgIpc) is 1.94. The number of anilines is 1. The molecule has 0 saturated heterocycles. The average molecular weight is 286 g/mol. The van der Waals surface area contributed by atoms with Gasteiger partial charge in [-0.3, -0.25) is 0 Å². The molecular weight excluding hydrogens is 280 g/mol. The molecule has 0 spiro atoms. The lowest BCUT2D eigenvalue weighted by atomic mass is 10.3. The topological polar surface area (TPSA) is 86.2 Å². The summed E-state index contributed by atoms with van der Waals surface area (Å²) in [7, 11) is -3.81.